The van der Waals surface area contributed by atoms with Gasteiger partial charge in [0.15, 0.2) is 0 Å². The molecule has 1 heterocycles. The van der Waals surface area contributed by atoms with Crippen molar-refractivity contribution in [2.45, 2.75) is 4.21 Å². The summed E-state index contributed by atoms with van der Waals surface area (Å²) >= 11 is 5.59. The molecule has 0 saturated heterocycles. The van der Waals surface area contributed by atoms with Gasteiger partial charge in [-0.05, 0) is 23.6 Å². The molecule has 1 aromatic heterocycles. The van der Waals surface area contributed by atoms with Crippen molar-refractivity contribution in [3.63, 3.8) is 0 Å². The second-order valence-electron chi connectivity index (χ2n) is 2.87. The molecular formula is C8H7BO3S2. The summed E-state index contributed by atoms with van der Waals surface area (Å²) in [5.41, 5.74) is 0.138. The number of fused-ring (bicyclic) bond motifs is 1. The number of phenolic OH excluding ortho intramolecular Hbond substituents is 1. The van der Waals surface area contributed by atoms with Gasteiger partial charge < -0.3 is 15.2 Å². The van der Waals surface area contributed by atoms with Crippen LogP contribution >= 0.6 is 24.0 Å². The van der Waals surface area contributed by atoms with E-state index in [-0.39, 0.29) is 11.2 Å². The Bertz CT molecular complexity index is 481. The van der Waals surface area contributed by atoms with Gasteiger partial charge >= 0.3 is 7.12 Å². The highest BCUT2D eigenvalue weighted by molar-refractivity contribution is 7.83. The first-order valence-electron chi connectivity index (χ1n) is 3.90. The average Bonchev–Trinajstić information content (AvgIpc) is 2.43. The summed E-state index contributed by atoms with van der Waals surface area (Å²) in [5.74, 6) is -0.112. The molecule has 14 heavy (non-hydrogen) atoms. The van der Waals surface area contributed by atoms with E-state index >= 15 is 0 Å². The zero-order chi connectivity index (χ0) is 10.3. The molecule has 0 spiro atoms. The van der Waals surface area contributed by atoms with Gasteiger partial charge in [-0.1, -0.05) is 0 Å². The highest BCUT2D eigenvalue weighted by Crippen LogP contribution is 2.29. The summed E-state index contributed by atoms with van der Waals surface area (Å²) < 4.78 is 1.64. The summed E-state index contributed by atoms with van der Waals surface area (Å²) in [7, 11) is -1.67. The summed E-state index contributed by atoms with van der Waals surface area (Å²) in [6.07, 6.45) is 0. The van der Waals surface area contributed by atoms with Crippen LogP contribution in [0.25, 0.3) is 10.1 Å². The molecule has 0 aliphatic rings. The lowest BCUT2D eigenvalue weighted by atomic mass is 9.77. The van der Waals surface area contributed by atoms with Gasteiger partial charge in [0.05, 0.1) is 4.21 Å². The zero-order valence-electron chi connectivity index (χ0n) is 7.01. The molecular weight excluding hydrogens is 219 g/mol. The van der Waals surface area contributed by atoms with Crippen LogP contribution in [0.3, 0.4) is 0 Å². The Labute approximate surface area is 90.2 Å². The molecule has 2 aromatic rings. The normalized spacial score (nSPS) is 10.8. The summed E-state index contributed by atoms with van der Waals surface area (Å²) in [5, 5.41) is 28.3. The van der Waals surface area contributed by atoms with E-state index in [4.69, 9.17) is 10.0 Å². The van der Waals surface area contributed by atoms with Crippen LogP contribution in [0.2, 0.25) is 0 Å². The first kappa shape index (κ1) is 9.85. The predicted octanol–water partition coefficient (Wildman–Crippen LogP) is 0.575. The van der Waals surface area contributed by atoms with Crippen LogP contribution in [0.1, 0.15) is 0 Å². The van der Waals surface area contributed by atoms with Crippen molar-refractivity contribution in [2.75, 3.05) is 0 Å². The molecule has 0 unspecified atom stereocenters. The molecule has 0 atom stereocenters. The van der Waals surface area contributed by atoms with Crippen molar-refractivity contribution < 1.29 is 15.2 Å². The molecule has 0 amide bonds. The molecule has 72 valence electrons. The molecule has 1 aromatic carbocycles. The lowest BCUT2D eigenvalue weighted by Gasteiger charge is -2.03. The fraction of sp³-hybridized carbons (Fsp3) is 0. The molecule has 3 nitrogen and oxygen atoms in total. The fourth-order valence-electron chi connectivity index (χ4n) is 1.38. The Hall–Kier alpha value is -0.685. The van der Waals surface area contributed by atoms with Gasteiger partial charge in [-0.15, -0.1) is 24.0 Å². The van der Waals surface area contributed by atoms with Crippen molar-refractivity contribution >= 4 is 46.6 Å². The lowest BCUT2D eigenvalue weighted by Crippen LogP contribution is -2.30. The molecule has 2 rings (SSSR count). The van der Waals surface area contributed by atoms with Crippen molar-refractivity contribution in [2.24, 2.45) is 0 Å². The summed E-state index contributed by atoms with van der Waals surface area (Å²) in [4.78, 5) is 0. The summed E-state index contributed by atoms with van der Waals surface area (Å²) in [6.45, 7) is 0. The largest absolute Gasteiger partial charge is 0.508 e. The van der Waals surface area contributed by atoms with E-state index in [0.29, 0.717) is 5.39 Å². The Morgan fingerprint density at radius 2 is 2.00 bits per heavy atom. The maximum atomic E-state index is 9.45. The van der Waals surface area contributed by atoms with Gasteiger partial charge in [-0.3, -0.25) is 0 Å². The van der Waals surface area contributed by atoms with Crippen LogP contribution in [0.4, 0.5) is 0 Å². The number of hydrogen-bond acceptors (Lipinski definition) is 5. The smallest absolute Gasteiger partial charge is 0.492 e. The molecule has 0 bridgehead atoms. The van der Waals surface area contributed by atoms with Crippen LogP contribution in [0, 0.1) is 0 Å². The third-order valence-electron chi connectivity index (χ3n) is 1.96. The predicted molar refractivity (Wildman–Crippen MR) is 60.6 cm³/mol. The highest BCUT2D eigenvalue weighted by Gasteiger charge is 2.20. The highest BCUT2D eigenvalue weighted by atomic mass is 32.2. The monoisotopic (exact) mass is 226 g/mol. The maximum absolute atomic E-state index is 9.45. The average molecular weight is 226 g/mol. The van der Waals surface area contributed by atoms with Gasteiger partial charge in [0.25, 0.3) is 0 Å². The zero-order valence-corrected chi connectivity index (χ0v) is 8.72. The van der Waals surface area contributed by atoms with Gasteiger partial charge in [0.1, 0.15) is 5.75 Å². The molecule has 0 aliphatic heterocycles. The van der Waals surface area contributed by atoms with Gasteiger partial charge in [-0.2, -0.15) is 0 Å². The molecule has 3 N–H and O–H groups in total. The quantitative estimate of drug-likeness (QED) is 0.425. The first-order chi connectivity index (χ1) is 6.59. The number of thiophene rings is 1. The number of phenols is 1. The number of benzene rings is 1. The first-order valence-corrected chi connectivity index (χ1v) is 5.16. The summed E-state index contributed by atoms with van der Waals surface area (Å²) in [6, 6.07) is 4.87. The van der Waals surface area contributed by atoms with E-state index in [9.17, 15) is 5.11 Å². The van der Waals surface area contributed by atoms with E-state index in [1.165, 1.54) is 17.4 Å². The lowest BCUT2D eigenvalue weighted by molar-refractivity contribution is 0.420. The Morgan fingerprint density at radius 1 is 1.29 bits per heavy atom. The topological polar surface area (TPSA) is 60.7 Å². The minimum Gasteiger partial charge on any atom is -0.508 e. The third-order valence-corrected chi connectivity index (χ3v) is 3.27. The van der Waals surface area contributed by atoms with Crippen molar-refractivity contribution in [1.82, 2.24) is 0 Å². The van der Waals surface area contributed by atoms with E-state index < -0.39 is 7.12 Å². The van der Waals surface area contributed by atoms with E-state index in [1.807, 2.05) is 0 Å². The maximum Gasteiger partial charge on any atom is 0.492 e. The van der Waals surface area contributed by atoms with Gasteiger partial charge in [0, 0.05) is 10.2 Å². The van der Waals surface area contributed by atoms with Crippen LogP contribution in [0.5, 0.6) is 5.75 Å². The fourth-order valence-corrected chi connectivity index (χ4v) is 2.62. The van der Waals surface area contributed by atoms with Crippen LogP contribution in [-0.2, 0) is 0 Å². The number of rotatable bonds is 1. The SMILES string of the molecule is OB(O)c1c(O)ccc2sc(S)cc12. The molecule has 0 radical (unpaired) electrons. The molecule has 0 saturated carbocycles. The van der Waals surface area contributed by atoms with Crippen LogP contribution in [-0.4, -0.2) is 22.3 Å². The van der Waals surface area contributed by atoms with E-state index in [0.717, 1.165) is 8.91 Å². The number of hydrogen-bond donors (Lipinski definition) is 4. The van der Waals surface area contributed by atoms with E-state index in [2.05, 4.69) is 12.6 Å². The molecule has 0 fully saturated rings. The number of aromatic hydroxyl groups is 1. The van der Waals surface area contributed by atoms with Crippen molar-refractivity contribution in [1.29, 1.82) is 0 Å². The Balaban J connectivity index is 2.82. The van der Waals surface area contributed by atoms with E-state index in [1.54, 1.807) is 12.1 Å². The van der Waals surface area contributed by atoms with Gasteiger partial charge in [-0.25, -0.2) is 0 Å². The third kappa shape index (κ3) is 1.50. The standard InChI is InChI=1S/C8H7BO3S2/c10-5-1-2-6-4(3-7(13)14-6)8(5)9(11)12/h1-3,10-13H. The van der Waals surface area contributed by atoms with Crippen molar-refractivity contribution in [3.8, 4) is 5.75 Å². The second-order valence-corrected chi connectivity index (χ2v) is 4.74. The number of thiol groups is 1. The molecule has 6 heteroatoms. The Morgan fingerprint density at radius 3 is 2.64 bits per heavy atom. The second kappa shape index (κ2) is 3.47. The van der Waals surface area contributed by atoms with Crippen molar-refractivity contribution in [3.05, 3.63) is 18.2 Å². The van der Waals surface area contributed by atoms with Gasteiger partial charge in [0.2, 0.25) is 0 Å². The van der Waals surface area contributed by atoms with Crippen LogP contribution in [0.15, 0.2) is 22.4 Å². The van der Waals surface area contributed by atoms with Crippen LogP contribution < -0.4 is 5.46 Å². The minimum atomic E-state index is -1.67. The molecule has 0 aliphatic carbocycles. The Kier molecular flexibility index (Phi) is 2.44. The minimum absolute atomic E-state index is 0.112.